The number of hydrogen-bond acceptors (Lipinski definition) is 11. The number of ketones is 2. The first-order valence-electron chi connectivity index (χ1n) is 12.0. The van der Waals surface area contributed by atoms with Crippen molar-refractivity contribution in [2.45, 2.75) is 13.8 Å². The number of carboxylic acids is 2. The van der Waals surface area contributed by atoms with Crippen molar-refractivity contribution in [3.63, 3.8) is 0 Å². The smallest absolute Gasteiger partial charge is 0.352 e. The predicted octanol–water partition coefficient (Wildman–Crippen LogP) is 0.548. The lowest BCUT2D eigenvalue weighted by atomic mass is 9.88. The number of aromatic carboxylic acids is 2. The molecule has 2 aromatic heterocycles. The molecule has 2 heterocycles. The van der Waals surface area contributed by atoms with Crippen molar-refractivity contribution in [3.05, 3.63) is 40.3 Å². The minimum Gasteiger partial charge on any atom is -0.478 e. The Hall–Kier alpha value is -4.02. The largest absolute Gasteiger partial charge is 0.478 e. The van der Waals surface area contributed by atoms with Crippen LogP contribution in [0.1, 0.15) is 66.0 Å². The van der Waals surface area contributed by atoms with Gasteiger partial charge in [-0.3, -0.25) is 19.2 Å². The number of nitrogens with two attached hydrogens (primary N) is 1. The second-order valence-electron chi connectivity index (χ2n) is 7.42. The summed E-state index contributed by atoms with van der Waals surface area (Å²) >= 11 is 0. The Labute approximate surface area is 222 Å². The van der Waals surface area contributed by atoms with Crippen molar-refractivity contribution >= 4 is 29.4 Å². The van der Waals surface area contributed by atoms with Crippen LogP contribution in [0.2, 0.25) is 0 Å². The number of fused-ring (bicyclic) bond motifs is 3. The fourth-order valence-corrected chi connectivity index (χ4v) is 3.32. The highest BCUT2D eigenvalue weighted by atomic mass is 16.7. The number of carboxylic acid groups (broad SMARTS) is 2. The molecule has 0 saturated carbocycles. The van der Waals surface area contributed by atoms with Gasteiger partial charge >= 0.3 is 11.9 Å². The molecule has 15 nitrogen and oxygen atoms in total. The molecule has 0 saturated heterocycles. The minimum atomic E-state index is -1.53. The molecular weight excluding hydrogens is 520 g/mol. The number of ether oxygens (including phenoxy) is 3. The number of rotatable bonds is 15. The Morgan fingerprint density at radius 3 is 2.05 bits per heavy atom. The lowest BCUT2D eigenvalue weighted by molar-refractivity contribution is -0.0197. The first-order valence-corrected chi connectivity index (χ1v) is 12.0. The summed E-state index contributed by atoms with van der Waals surface area (Å²) in [6.07, 6.45) is 0. The van der Waals surface area contributed by atoms with Crippen LogP contribution in [0.5, 0.6) is 0 Å². The number of carbonyl (C=O) groups excluding carboxylic acids is 3. The summed E-state index contributed by atoms with van der Waals surface area (Å²) in [5, 5.41) is 18.9. The van der Waals surface area contributed by atoms with Gasteiger partial charge in [-0.05, 0) is 12.1 Å². The molecule has 6 N–H and O–H groups in total. The van der Waals surface area contributed by atoms with Crippen LogP contribution in [-0.4, -0.2) is 102 Å². The summed E-state index contributed by atoms with van der Waals surface area (Å²) in [5.41, 5.74) is 4.50. The van der Waals surface area contributed by atoms with E-state index < -0.39 is 52.1 Å². The number of hydroxylamine groups is 1. The lowest BCUT2D eigenvalue weighted by Crippen LogP contribution is -2.30. The van der Waals surface area contributed by atoms with Crippen molar-refractivity contribution in [2.75, 3.05) is 52.8 Å². The van der Waals surface area contributed by atoms with Crippen molar-refractivity contribution in [1.82, 2.24) is 15.4 Å². The van der Waals surface area contributed by atoms with E-state index in [9.17, 15) is 34.2 Å². The Balaban J connectivity index is 0.00000260. The molecule has 1 amide bonds. The zero-order valence-electron chi connectivity index (χ0n) is 21.4. The van der Waals surface area contributed by atoms with Gasteiger partial charge in [-0.2, -0.15) is 0 Å². The number of aromatic amines is 1. The molecule has 1 aliphatic carbocycles. The molecule has 39 heavy (non-hydrogen) atoms. The summed E-state index contributed by atoms with van der Waals surface area (Å²) in [4.78, 5) is 72.0. The fraction of sp³-hybridized carbons (Fsp3) is 0.417. The van der Waals surface area contributed by atoms with E-state index in [2.05, 4.69) is 15.4 Å². The van der Waals surface area contributed by atoms with E-state index in [1.54, 1.807) is 0 Å². The molecule has 2 aromatic rings. The van der Waals surface area contributed by atoms with E-state index in [0.717, 1.165) is 12.1 Å². The van der Waals surface area contributed by atoms with Crippen LogP contribution in [0.4, 0.5) is 0 Å². The number of H-pyrrole nitrogens is 1. The quantitative estimate of drug-likeness (QED) is 0.116. The number of amides is 1. The third kappa shape index (κ3) is 7.98. The van der Waals surface area contributed by atoms with Gasteiger partial charge in [0.15, 0.2) is 0 Å². The number of Topliss-reactive ketones (excluding diaryl/α,β-unsaturated/α-hetero) is 2. The second kappa shape index (κ2) is 15.4. The number of carbonyl (C=O) groups is 5. The van der Waals surface area contributed by atoms with Crippen LogP contribution in [0.25, 0.3) is 11.3 Å². The molecule has 0 spiro atoms. The van der Waals surface area contributed by atoms with Gasteiger partial charge in [0.05, 0.1) is 63.1 Å². The average molecular weight is 551 g/mol. The number of aromatic nitrogens is 2. The molecular formula is C24H30N4O11. The van der Waals surface area contributed by atoms with Gasteiger partial charge in [-0.1, -0.05) is 13.8 Å². The molecule has 0 radical (unpaired) electrons. The fourth-order valence-electron chi connectivity index (χ4n) is 3.32. The summed E-state index contributed by atoms with van der Waals surface area (Å²) in [6, 6.07) is 1.83. The summed E-state index contributed by atoms with van der Waals surface area (Å²) in [7, 11) is 0. The highest BCUT2D eigenvalue weighted by molar-refractivity contribution is 6.52. The zero-order chi connectivity index (χ0) is 28.9. The molecule has 0 aliphatic heterocycles. The first-order chi connectivity index (χ1) is 18.8. The third-order valence-corrected chi connectivity index (χ3v) is 4.95. The van der Waals surface area contributed by atoms with Gasteiger partial charge in [0.2, 0.25) is 5.78 Å². The van der Waals surface area contributed by atoms with Gasteiger partial charge in [0.1, 0.15) is 17.1 Å². The van der Waals surface area contributed by atoms with Crippen LogP contribution in [0.3, 0.4) is 0 Å². The zero-order valence-corrected chi connectivity index (χ0v) is 21.4. The monoisotopic (exact) mass is 550 g/mol. The first kappa shape index (κ1) is 31.2. The van der Waals surface area contributed by atoms with Crippen molar-refractivity contribution < 1.29 is 53.2 Å². The van der Waals surface area contributed by atoms with Crippen molar-refractivity contribution in [2.24, 2.45) is 5.73 Å². The molecule has 0 bridgehead atoms. The summed E-state index contributed by atoms with van der Waals surface area (Å²) in [5.74, 6) is -6.20. The SMILES string of the molecule is CC.NCCOCCOCCOCCONC(=O)c1cc(C(=O)O)c2c(n1)C(=O)C(=O)c1cc(C(=O)O)[nH]c1-2. The second-order valence-corrected chi connectivity index (χ2v) is 7.42. The Kier molecular flexibility index (Phi) is 12.3. The van der Waals surface area contributed by atoms with Gasteiger partial charge in [0.25, 0.3) is 11.7 Å². The van der Waals surface area contributed by atoms with Gasteiger partial charge in [-0.15, -0.1) is 0 Å². The maximum absolute atomic E-state index is 12.6. The van der Waals surface area contributed by atoms with Crippen LogP contribution < -0.4 is 11.2 Å². The van der Waals surface area contributed by atoms with Crippen LogP contribution >= 0.6 is 0 Å². The van der Waals surface area contributed by atoms with E-state index in [1.165, 1.54) is 0 Å². The highest BCUT2D eigenvalue weighted by Crippen LogP contribution is 2.35. The van der Waals surface area contributed by atoms with E-state index in [-0.39, 0.29) is 36.6 Å². The minimum absolute atomic E-state index is 0.0662. The van der Waals surface area contributed by atoms with Crippen LogP contribution in [-0.2, 0) is 19.0 Å². The summed E-state index contributed by atoms with van der Waals surface area (Å²) in [6.45, 7) is 6.32. The van der Waals surface area contributed by atoms with Gasteiger partial charge < -0.3 is 35.1 Å². The number of pyridine rings is 1. The van der Waals surface area contributed by atoms with Gasteiger partial charge in [-0.25, -0.2) is 20.1 Å². The molecule has 0 atom stereocenters. The summed E-state index contributed by atoms with van der Waals surface area (Å²) < 4.78 is 15.7. The van der Waals surface area contributed by atoms with Crippen molar-refractivity contribution in [1.29, 1.82) is 0 Å². The number of nitrogens with zero attached hydrogens (tertiary/aromatic N) is 1. The number of nitrogens with one attached hydrogen (secondary N) is 2. The molecule has 3 rings (SSSR count). The molecule has 0 unspecified atom stereocenters. The van der Waals surface area contributed by atoms with E-state index in [4.69, 9.17) is 24.8 Å². The Morgan fingerprint density at radius 2 is 1.49 bits per heavy atom. The maximum Gasteiger partial charge on any atom is 0.352 e. The predicted molar refractivity (Wildman–Crippen MR) is 133 cm³/mol. The van der Waals surface area contributed by atoms with Crippen molar-refractivity contribution in [3.8, 4) is 11.3 Å². The van der Waals surface area contributed by atoms with E-state index in [1.807, 2.05) is 13.8 Å². The van der Waals surface area contributed by atoms with E-state index in [0.29, 0.717) is 33.0 Å². The Bertz CT molecular complexity index is 1210. The number of hydrogen-bond donors (Lipinski definition) is 5. The van der Waals surface area contributed by atoms with E-state index >= 15 is 0 Å². The topological polar surface area (TPSA) is 229 Å². The van der Waals surface area contributed by atoms with Crippen LogP contribution in [0, 0.1) is 0 Å². The molecule has 1 aliphatic rings. The maximum atomic E-state index is 12.6. The lowest BCUT2D eigenvalue weighted by Gasteiger charge is -2.17. The highest BCUT2D eigenvalue weighted by Gasteiger charge is 2.38. The normalized spacial score (nSPS) is 11.8. The third-order valence-electron chi connectivity index (χ3n) is 4.95. The molecule has 0 fully saturated rings. The molecule has 212 valence electrons. The Morgan fingerprint density at radius 1 is 0.897 bits per heavy atom. The van der Waals surface area contributed by atoms with Crippen LogP contribution in [0.15, 0.2) is 12.1 Å². The standard InChI is InChI=1S/C22H24N4O11.C2H6/c23-1-2-34-3-4-35-5-6-36-7-8-37-26-20(29)13-9-11(21(30)31)15-16-12(10-14(25-16)22(32)33)18(27)19(28)17(15)24-13;1-2/h9-10,25H,1-8,23H2,(H,26,29)(H,30,31)(H,32,33);1-2H3. The molecule has 0 aromatic carbocycles. The molecule has 15 heteroatoms. The van der Waals surface area contributed by atoms with Gasteiger partial charge in [0, 0.05) is 12.1 Å². The average Bonchev–Trinajstić information content (AvgIpc) is 3.39.